The summed E-state index contributed by atoms with van der Waals surface area (Å²) in [5.41, 5.74) is 9.32. The second-order valence-electron chi connectivity index (χ2n) is 11.6. The van der Waals surface area contributed by atoms with Gasteiger partial charge in [0.2, 0.25) is 0 Å². The van der Waals surface area contributed by atoms with E-state index >= 15 is 0 Å². The number of thiophene rings is 1. The Balaban J connectivity index is 1.26. The summed E-state index contributed by atoms with van der Waals surface area (Å²) in [5, 5.41) is 6.10. The number of benzene rings is 7. The summed E-state index contributed by atoms with van der Waals surface area (Å²) < 4.78 is 2.51. The molecule has 0 saturated heterocycles. The highest BCUT2D eigenvalue weighted by atomic mass is 32.1. The van der Waals surface area contributed by atoms with Crippen LogP contribution in [0, 0.1) is 0 Å². The molecule has 0 saturated carbocycles. The largest absolute Gasteiger partial charge is 0.310 e. The van der Waals surface area contributed by atoms with Crippen molar-refractivity contribution in [2.75, 3.05) is 4.90 Å². The number of hydrogen-bond donors (Lipinski definition) is 0. The van der Waals surface area contributed by atoms with E-state index < -0.39 is 0 Å². The van der Waals surface area contributed by atoms with Gasteiger partial charge in [-0.15, -0.1) is 11.3 Å². The first-order valence-electron chi connectivity index (χ1n) is 15.5. The van der Waals surface area contributed by atoms with Crippen molar-refractivity contribution in [3.63, 3.8) is 0 Å². The van der Waals surface area contributed by atoms with Crippen LogP contribution >= 0.6 is 11.3 Å². The number of pyridine rings is 1. The van der Waals surface area contributed by atoms with Crippen LogP contribution in [0.4, 0.5) is 17.1 Å². The Hall–Kier alpha value is -5.77. The summed E-state index contributed by atoms with van der Waals surface area (Å²) in [6, 6.07) is 59.0. The molecule has 0 bridgehead atoms. The van der Waals surface area contributed by atoms with Crippen LogP contribution in [0.2, 0.25) is 0 Å². The predicted molar refractivity (Wildman–Crippen MR) is 198 cm³/mol. The number of rotatable bonds is 5. The molecule has 0 unspecified atom stereocenters. The fourth-order valence-electron chi connectivity index (χ4n) is 6.74. The van der Waals surface area contributed by atoms with Crippen LogP contribution in [0.5, 0.6) is 0 Å². The van der Waals surface area contributed by atoms with Crippen LogP contribution in [0.25, 0.3) is 64.1 Å². The summed E-state index contributed by atoms with van der Waals surface area (Å²) in [5.74, 6) is 0. The van der Waals surface area contributed by atoms with Gasteiger partial charge in [0.1, 0.15) is 0 Å². The zero-order valence-electron chi connectivity index (χ0n) is 25.0. The van der Waals surface area contributed by atoms with Crippen molar-refractivity contribution in [2.24, 2.45) is 0 Å². The summed E-state index contributed by atoms with van der Waals surface area (Å²) in [4.78, 5) is 7.19. The van der Waals surface area contributed by atoms with Crippen molar-refractivity contribution >= 4 is 70.2 Å². The fraction of sp³-hybridized carbons (Fsp3) is 0. The normalized spacial score (nSPS) is 11.5. The van der Waals surface area contributed by atoms with E-state index in [0.717, 1.165) is 22.6 Å². The first kappa shape index (κ1) is 26.6. The maximum absolute atomic E-state index is 4.78. The van der Waals surface area contributed by atoms with Crippen molar-refractivity contribution in [2.45, 2.75) is 0 Å². The van der Waals surface area contributed by atoms with E-state index in [1.165, 1.54) is 58.6 Å². The van der Waals surface area contributed by atoms with Crippen LogP contribution in [-0.4, -0.2) is 4.98 Å². The predicted octanol–water partition coefficient (Wildman–Crippen LogP) is 12.6. The van der Waals surface area contributed by atoms with Crippen LogP contribution in [0.1, 0.15) is 0 Å². The lowest BCUT2D eigenvalue weighted by molar-refractivity contribution is 1.30. The SMILES string of the molecule is c1ccc(-c2ccc(N(c3ccc4c(c3)sc3ccc5cccnc5c34)c3ccc(-c4ccccc4)c4ccccc34)cc2)cc1. The number of fused-ring (bicyclic) bond motifs is 6. The van der Waals surface area contributed by atoms with Crippen molar-refractivity contribution in [1.82, 2.24) is 4.98 Å². The first-order chi connectivity index (χ1) is 22.8. The Morgan fingerprint density at radius 2 is 1.15 bits per heavy atom. The van der Waals surface area contributed by atoms with Gasteiger partial charge in [-0.05, 0) is 70.1 Å². The fourth-order valence-corrected chi connectivity index (χ4v) is 7.88. The highest BCUT2D eigenvalue weighted by molar-refractivity contribution is 7.26. The average Bonchev–Trinajstić information content (AvgIpc) is 3.51. The van der Waals surface area contributed by atoms with E-state index in [0.29, 0.717) is 0 Å². The molecule has 7 aromatic carbocycles. The molecule has 0 spiro atoms. The smallest absolute Gasteiger partial charge is 0.0795 e. The molecule has 46 heavy (non-hydrogen) atoms. The lowest BCUT2D eigenvalue weighted by Gasteiger charge is -2.28. The van der Waals surface area contributed by atoms with Gasteiger partial charge in [-0.3, -0.25) is 4.98 Å². The van der Waals surface area contributed by atoms with Gasteiger partial charge in [0.15, 0.2) is 0 Å². The van der Waals surface area contributed by atoms with Crippen LogP contribution in [-0.2, 0) is 0 Å². The third kappa shape index (κ3) is 4.44. The van der Waals surface area contributed by atoms with Crippen LogP contribution in [0.15, 0.2) is 170 Å². The molecule has 216 valence electrons. The van der Waals surface area contributed by atoms with Gasteiger partial charge in [-0.1, -0.05) is 121 Å². The Bertz CT molecular complexity index is 2520. The van der Waals surface area contributed by atoms with Crippen molar-refractivity contribution in [3.05, 3.63) is 170 Å². The first-order valence-corrected chi connectivity index (χ1v) is 16.4. The van der Waals surface area contributed by atoms with Crippen LogP contribution < -0.4 is 4.90 Å². The molecule has 0 aliphatic rings. The molecule has 0 fully saturated rings. The maximum Gasteiger partial charge on any atom is 0.0795 e. The summed E-state index contributed by atoms with van der Waals surface area (Å²) in [6.07, 6.45) is 1.89. The quantitative estimate of drug-likeness (QED) is 0.194. The number of anilines is 3. The highest BCUT2D eigenvalue weighted by Gasteiger charge is 2.19. The summed E-state index contributed by atoms with van der Waals surface area (Å²) in [6.45, 7) is 0. The Morgan fingerprint density at radius 3 is 1.96 bits per heavy atom. The minimum atomic E-state index is 1.06. The molecule has 2 nitrogen and oxygen atoms in total. The van der Waals surface area contributed by atoms with E-state index in [1.54, 1.807) is 0 Å². The van der Waals surface area contributed by atoms with Gasteiger partial charge < -0.3 is 4.90 Å². The van der Waals surface area contributed by atoms with Gasteiger partial charge in [-0.25, -0.2) is 0 Å². The lowest BCUT2D eigenvalue weighted by Crippen LogP contribution is -2.10. The zero-order valence-corrected chi connectivity index (χ0v) is 25.8. The molecule has 0 amide bonds. The van der Waals surface area contributed by atoms with Crippen molar-refractivity contribution in [3.8, 4) is 22.3 Å². The molecule has 0 N–H and O–H groups in total. The van der Waals surface area contributed by atoms with Gasteiger partial charge >= 0.3 is 0 Å². The molecule has 9 aromatic rings. The second kappa shape index (κ2) is 11.0. The minimum absolute atomic E-state index is 1.06. The molecular formula is C43H28N2S. The van der Waals surface area contributed by atoms with Crippen molar-refractivity contribution < 1.29 is 0 Å². The van der Waals surface area contributed by atoms with Gasteiger partial charge in [0.05, 0.1) is 11.2 Å². The number of hydrogen-bond acceptors (Lipinski definition) is 3. The minimum Gasteiger partial charge on any atom is -0.310 e. The number of aromatic nitrogens is 1. The van der Waals surface area contributed by atoms with Gasteiger partial charge in [0.25, 0.3) is 0 Å². The Morgan fingerprint density at radius 1 is 0.457 bits per heavy atom. The van der Waals surface area contributed by atoms with E-state index in [-0.39, 0.29) is 0 Å². The van der Waals surface area contributed by atoms with Crippen LogP contribution in [0.3, 0.4) is 0 Å². The Kier molecular flexibility index (Phi) is 6.36. The van der Waals surface area contributed by atoms with E-state index in [2.05, 4.69) is 163 Å². The summed E-state index contributed by atoms with van der Waals surface area (Å²) in [7, 11) is 0. The third-order valence-corrected chi connectivity index (χ3v) is 10.0. The third-order valence-electron chi connectivity index (χ3n) is 8.91. The zero-order chi connectivity index (χ0) is 30.5. The lowest BCUT2D eigenvalue weighted by atomic mass is 9.96. The molecule has 0 atom stereocenters. The van der Waals surface area contributed by atoms with Gasteiger partial charge in [-0.2, -0.15) is 0 Å². The monoisotopic (exact) mass is 604 g/mol. The average molecular weight is 605 g/mol. The maximum atomic E-state index is 4.78. The molecule has 0 radical (unpaired) electrons. The summed E-state index contributed by atoms with van der Waals surface area (Å²) >= 11 is 1.83. The molecule has 2 aromatic heterocycles. The van der Waals surface area contributed by atoms with E-state index in [1.807, 2.05) is 23.6 Å². The molecule has 3 heteroatoms. The van der Waals surface area contributed by atoms with Gasteiger partial charge in [0, 0.05) is 48.5 Å². The number of nitrogens with zero attached hydrogens (tertiary/aromatic N) is 2. The Labute approximate surface area is 271 Å². The molecule has 2 heterocycles. The molecule has 0 aliphatic heterocycles. The standard InChI is InChI=1S/C43H28N2S/c1-3-10-29(11-4-1)30-17-20-33(21-18-30)45(39-25-24-35(31-12-5-2-6-13-31)36-15-7-8-16-37(36)39)34-22-23-38-41(28-34)46-40-26-19-32-14-9-27-44-43(32)42(38)40/h1-28H. The second-order valence-corrected chi connectivity index (χ2v) is 12.7. The van der Waals surface area contributed by atoms with E-state index in [9.17, 15) is 0 Å². The topological polar surface area (TPSA) is 16.1 Å². The molecular weight excluding hydrogens is 577 g/mol. The highest BCUT2D eigenvalue weighted by Crippen LogP contribution is 2.45. The van der Waals surface area contributed by atoms with E-state index in [4.69, 9.17) is 4.98 Å². The van der Waals surface area contributed by atoms with Crippen molar-refractivity contribution in [1.29, 1.82) is 0 Å². The molecule has 0 aliphatic carbocycles. The molecule has 9 rings (SSSR count).